The van der Waals surface area contributed by atoms with E-state index >= 15 is 0 Å². The van der Waals surface area contributed by atoms with Crippen LogP contribution in [0.3, 0.4) is 0 Å². The van der Waals surface area contributed by atoms with Crippen molar-refractivity contribution in [2.45, 2.75) is 24.9 Å². The summed E-state index contributed by atoms with van der Waals surface area (Å²) in [5, 5.41) is 21.5. The molecule has 166 valence electrons. The van der Waals surface area contributed by atoms with Gasteiger partial charge in [-0.2, -0.15) is 23.4 Å². The quantitative estimate of drug-likeness (QED) is 0.457. The summed E-state index contributed by atoms with van der Waals surface area (Å²) in [4.78, 5) is 9.67. The summed E-state index contributed by atoms with van der Waals surface area (Å²) in [5.74, 6) is -0.0283. The topological polar surface area (TPSA) is 95.8 Å². The van der Waals surface area contributed by atoms with Crippen LogP contribution in [-0.2, 0) is 6.54 Å². The average Bonchev–Trinajstić information content (AvgIpc) is 3.33. The summed E-state index contributed by atoms with van der Waals surface area (Å²) in [6, 6.07) is 9.91. The Morgan fingerprint density at radius 1 is 1.16 bits per heavy atom. The van der Waals surface area contributed by atoms with E-state index in [0.717, 1.165) is 4.90 Å². The summed E-state index contributed by atoms with van der Waals surface area (Å²) < 4.78 is 53.6. The Morgan fingerprint density at radius 2 is 1.94 bits per heavy atom. The molecule has 2 N–H and O–H groups in total. The number of rotatable bonds is 5. The zero-order chi connectivity index (χ0) is 22.5. The predicted octanol–water partition coefficient (Wildman–Crippen LogP) is 2.68. The highest BCUT2D eigenvalue weighted by Gasteiger charge is 2.47. The number of benzene rings is 1. The van der Waals surface area contributed by atoms with Gasteiger partial charge < -0.3 is 5.11 Å². The fourth-order valence-electron chi connectivity index (χ4n) is 3.73. The molecule has 1 atom stereocenters. The van der Waals surface area contributed by atoms with Crippen LogP contribution in [0.1, 0.15) is 17.3 Å². The third-order valence-electron chi connectivity index (χ3n) is 5.43. The lowest BCUT2D eigenvalue weighted by Gasteiger charge is -2.41. The summed E-state index contributed by atoms with van der Waals surface area (Å²) in [6.45, 7) is 0.137. The van der Waals surface area contributed by atoms with Crippen LogP contribution in [0.5, 0.6) is 0 Å². The van der Waals surface area contributed by atoms with E-state index in [1.54, 1.807) is 41.2 Å². The zero-order valence-corrected chi connectivity index (χ0v) is 16.5. The first-order chi connectivity index (χ1) is 15.3. The highest BCUT2D eigenvalue weighted by molar-refractivity contribution is 5.89. The molecule has 4 heterocycles. The van der Waals surface area contributed by atoms with Gasteiger partial charge >= 0.3 is 6.18 Å². The van der Waals surface area contributed by atoms with E-state index in [1.165, 1.54) is 6.07 Å². The van der Waals surface area contributed by atoms with Crippen LogP contribution >= 0.6 is 0 Å². The number of aliphatic hydroxyl groups is 1. The van der Waals surface area contributed by atoms with E-state index in [9.17, 15) is 22.7 Å². The van der Waals surface area contributed by atoms with Crippen molar-refractivity contribution in [1.82, 2.24) is 34.8 Å². The van der Waals surface area contributed by atoms with Crippen LogP contribution in [0.2, 0.25) is 0 Å². The highest BCUT2D eigenvalue weighted by atomic mass is 19.4. The summed E-state index contributed by atoms with van der Waals surface area (Å²) in [6.07, 6.45) is -5.60. The number of hydrogen-bond acceptors (Lipinski definition) is 6. The summed E-state index contributed by atoms with van der Waals surface area (Å²) >= 11 is 0. The van der Waals surface area contributed by atoms with Crippen molar-refractivity contribution < 1.29 is 22.7 Å². The minimum atomic E-state index is -4.70. The second-order valence-corrected chi connectivity index (χ2v) is 7.58. The maximum atomic E-state index is 14.1. The fourth-order valence-corrected chi connectivity index (χ4v) is 3.73. The first kappa shape index (κ1) is 20.5. The minimum absolute atomic E-state index is 0.0119. The number of alkyl halides is 3. The molecule has 5 rings (SSSR count). The lowest BCUT2D eigenvalue weighted by Crippen LogP contribution is -2.56. The zero-order valence-electron chi connectivity index (χ0n) is 16.5. The molecule has 0 bridgehead atoms. The van der Waals surface area contributed by atoms with Crippen molar-refractivity contribution in [3.63, 3.8) is 0 Å². The Hall–Kier alpha value is -3.38. The Kier molecular flexibility index (Phi) is 4.90. The number of nitrogens with zero attached hydrogens (tertiary/aromatic N) is 6. The van der Waals surface area contributed by atoms with E-state index in [1.807, 2.05) is 0 Å². The molecule has 4 aromatic rings. The van der Waals surface area contributed by atoms with Gasteiger partial charge in [0.2, 0.25) is 6.23 Å². The lowest BCUT2D eigenvalue weighted by molar-refractivity contribution is -0.261. The van der Waals surface area contributed by atoms with E-state index in [2.05, 4.69) is 25.3 Å². The molecule has 32 heavy (non-hydrogen) atoms. The van der Waals surface area contributed by atoms with Crippen LogP contribution in [0.25, 0.3) is 22.6 Å². The van der Waals surface area contributed by atoms with Crippen molar-refractivity contribution in [2.24, 2.45) is 0 Å². The number of aliphatic hydroxyl groups excluding tert-OH is 1. The SMILES string of the molecule is OC(N1CC(c2n[nH]c(-c3nn(Cc4ccccc4F)c4ncccc34)n2)C1)C(F)(F)F. The third-order valence-corrected chi connectivity index (χ3v) is 5.43. The second-order valence-electron chi connectivity index (χ2n) is 7.58. The van der Waals surface area contributed by atoms with Gasteiger partial charge in [0.1, 0.15) is 11.5 Å². The Morgan fingerprint density at radius 3 is 2.69 bits per heavy atom. The number of aromatic amines is 1. The van der Waals surface area contributed by atoms with Crippen molar-refractivity contribution >= 4 is 11.0 Å². The standard InChI is InChI=1S/C20H17F4N7O/c21-14-6-2-1-4-11(14)10-31-18-13(5-3-7-25-18)15(29-31)17-26-16(27-28-17)12-8-30(9-12)19(32)20(22,23)24/h1-7,12,19,32H,8-10H2,(H,26,27,28). The maximum Gasteiger partial charge on any atom is 0.428 e. The van der Waals surface area contributed by atoms with Gasteiger partial charge in [-0.15, -0.1) is 0 Å². The maximum absolute atomic E-state index is 14.1. The van der Waals surface area contributed by atoms with E-state index in [4.69, 9.17) is 0 Å². The Bertz CT molecular complexity index is 1260. The van der Waals surface area contributed by atoms with Crippen LogP contribution in [0, 0.1) is 5.82 Å². The van der Waals surface area contributed by atoms with E-state index in [0.29, 0.717) is 33.9 Å². The molecule has 0 saturated carbocycles. The smallest absolute Gasteiger partial charge is 0.370 e. The van der Waals surface area contributed by atoms with Crippen molar-refractivity contribution in [3.8, 4) is 11.5 Å². The molecule has 0 amide bonds. The predicted molar refractivity (Wildman–Crippen MR) is 105 cm³/mol. The number of aromatic nitrogens is 6. The molecular formula is C20H17F4N7O. The van der Waals surface area contributed by atoms with Gasteiger partial charge in [0, 0.05) is 30.8 Å². The number of H-pyrrole nitrogens is 1. The molecule has 3 aromatic heterocycles. The normalized spacial score (nSPS) is 16.4. The van der Waals surface area contributed by atoms with Crippen LogP contribution < -0.4 is 0 Å². The van der Waals surface area contributed by atoms with Gasteiger partial charge in [-0.1, -0.05) is 18.2 Å². The molecular weight excluding hydrogens is 430 g/mol. The monoisotopic (exact) mass is 447 g/mol. The number of fused-ring (bicyclic) bond motifs is 1. The van der Waals surface area contributed by atoms with Gasteiger partial charge in [-0.25, -0.2) is 19.0 Å². The van der Waals surface area contributed by atoms with E-state index < -0.39 is 12.4 Å². The lowest BCUT2D eigenvalue weighted by atomic mass is 9.99. The first-order valence-corrected chi connectivity index (χ1v) is 9.77. The third kappa shape index (κ3) is 3.60. The van der Waals surface area contributed by atoms with E-state index in [-0.39, 0.29) is 31.4 Å². The Labute approximate surface area is 178 Å². The van der Waals surface area contributed by atoms with Gasteiger partial charge in [-0.05, 0) is 18.2 Å². The number of pyridine rings is 1. The van der Waals surface area contributed by atoms with Crippen molar-refractivity contribution in [2.75, 3.05) is 13.1 Å². The first-order valence-electron chi connectivity index (χ1n) is 9.77. The molecule has 0 radical (unpaired) electrons. The van der Waals surface area contributed by atoms with Crippen molar-refractivity contribution in [1.29, 1.82) is 0 Å². The van der Waals surface area contributed by atoms with Gasteiger partial charge in [0.25, 0.3) is 0 Å². The molecule has 0 aliphatic carbocycles. The fraction of sp³-hybridized carbons (Fsp3) is 0.300. The average molecular weight is 447 g/mol. The summed E-state index contributed by atoms with van der Waals surface area (Å²) in [7, 11) is 0. The second kappa shape index (κ2) is 7.64. The molecule has 1 aliphatic rings. The molecule has 1 fully saturated rings. The number of nitrogens with one attached hydrogen (secondary N) is 1. The largest absolute Gasteiger partial charge is 0.428 e. The van der Waals surface area contributed by atoms with Crippen LogP contribution in [0.15, 0.2) is 42.6 Å². The minimum Gasteiger partial charge on any atom is -0.370 e. The van der Waals surface area contributed by atoms with Crippen LogP contribution in [0.4, 0.5) is 17.6 Å². The number of hydrogen-bond donors (Lipinski definition) is 2. The van der Waals surface area contributed by atoms with Crippen molar-refractivity contribution in [3.05, 3.63) is 59.8 Å². The molecule has 1 saturated heterocycles. The Balaban J connectivity index is 1.41. The number of likely N-dealkylation sites (tertiary alicyclic amines) is 1. The van der Waals surface area contributed by atoms with Gasteiger partial charge in [0.15, 0.2) is 17.3 Å². The summed E-state index contributed by atoms with van der Waals surface area (Å²) in [5.41, 5.74) is 1.44. The molecule has 12 heteroatoms. The highest BCUT2D eigenvalue weighted by Crippen LogP contribution is 2.33. The van der Waals surface area contributed by atoms with Gasteiger partial charge in [0.05, 0.1) is 11.9 Å². The molecule has 8 nitrogen and oxygen atoms in total. The number of halogens is 4. The van der Waals surface area contributed by atoms with Crippen LogP contribution in [-0.4, -0.2) is 65.4 Å². The van der Waals surface area contributed by atoms with Gasteiger partial charge in [-0.3, -0.25) is 10.00 Å². The molecule has 1 unspecified atom stereocenters. The molecule has 1 aromatic carbocycles. The molecule has 0 spiro atoms. The molecule has 1 aliphatic heterocycles.